The van der Waals surface area contributed by atoms with Crippen LogP contribution in [0.3, 0.4) is 0 Å². The second-order valence-electron chi connectivity index (χ2n) is 4.81. The molecular formula is C17H16ClN3. The fourth-order valence-electron chi connectivity index (χ4n) is 2.50. The zero-order valence-electron chi connectivity index (χ0n) is 11.8. The molecule has 0 bridgehead atoms. The van der Waals surface area contributed by atoms with E-state index in [0.29, 0.717) is 5.02 Å². The number of para-hydroxylation sites is 1. The smallest absolute Gasteiger partial charge is 0.0772 e. The van der Waals surface area contributed by atoms with Crippen molar-refractivity contribution < 1.29 is 0 Å². The van der Waals surface area contributed by atoms with E-state index in [0.717, 1.165) is 28.7 Å². The molecule has 0 saturated heterocycles. The molecule has 3 nitrogen and oxygen atoms in total. The fourth-order valence-corrected chi connectivity index (χ4v) is 2.61. The lowest BCUT2D eigenvalue weighted by Crippen LogP contribution is -2.23. The van der Waals surface area contributed by atoms with Gasteiger partial charge in [-0.2, -0.15) is 0 Å². The summed E-state index contributed by atoms with van der Waals surface area (Å²) in [5, 5.41) is 5.26. The van der Waals surface area contributed by atoms with Crippen LogP contribution in [0.5, 0.6) is 0 Å². The van der Waals surface area contributed by atoms with Gasteiger partial charge in [0, 0.05) is 23.3 Å². The van der Waals surface area contributed by atoms with E-state index in [4.69, 9.17) is 11.6 Å². The third-order valence-electron chi connectivity index (χ3n) is 3.43. The van der Waals surface area contributed by atoms with Crippen molar-refractivity contribution in [1.82, 2.24) is 15.3 Å². The van der Waals surface area contributed by atoms with Crippen LogP contribution in [0, 0.1) is 0 Å². The quantitative estimate of drug-likeness (QED) is 0.791. The van der Waals surface area contributed by atoms with Gasteiger partial charge in [0.1, 0.15) is 0 Å². The number of fused-ring (bicyclic) bond motifs is 1. The molecule has 0 spiro atoms. The topological polar surface area (TPSA) is 37.8 Å². The molecule has 4 heteroatoms. The number of nitrogens with zero attached hydrogens (tertiary/aromatic N) is 2. The minimum absolute atomic E-state index is 0.00543. The average Bonchev–Trinajstić information content (AvgIpc) is 2.53. The molecule has 0 aliphatic heterocycles. The van der Waals surface area contributed by atoms with Gasteiger partial charge >= 0.3 is 0 Å². The number of hydrogen-bond donors (Lipinski definition) is 1. The van der Waals surface area contributed by atoms with E-state index in [1.165, 1.54) is 0 Å². The number of hydrogen-bond acceptors (Lipinski definition) is 3. The molecule has 0 radical (unpaired) electrons. The van der Waals surface area contributed by atoms with Crippen molar-refractivity contribution in [2.45, 2.75) is 13.0 Å². The molecular weight excluding hydrogens is 282 g/mol. The van der Waals surface area contributed by atoms with Gasteiger partial charge in [-0.3, -0.25) is 9.97 Å². The molecule has 0 aliphatic carbocycles. The molecule has 0 saturated carbocycles. The summed E-state index contributed by atoms with van der Waals surface area (Å²) in [4.78, 5) is 8.99. The van der Waals surface area contributed by atoms with E-state index < -0.39 is 0 Å². The van der Waals surface area contributed by atoms with Crippen molar-refractivity contribution in [2.75, 3.05) is 6.54 Å². The molecule has 1 aromatic carbocycles. The number of rotatable bonds is 4. The first-order valence-electron chi connectivity index (χ1n) is 6.98. The van der Waals surface area contributed by atoms with E-state index in [-0.39, 0.29) is 6.04 Å². The number of halogens is 1. The molecule has 2 aromatic heterocycles. The third kappa shape index (κ3) is 2.89. The molecule has 1 unspecified atom stereocenters. The summed E-state index contributed by atoms with van der Waals surface area (Å²) in [6, 6.07) is 14.1. The zero-order chi connectivity index (χ0) is 14.7. The molecule has 2 heterocycles. The second-order valence-corrected chi connectivity index (χ2v) is 5.25. The van der Waals surface area contributed by atoms with Gasteiger partial charge in [-0.05, 0) is 24.7 Å². The van der Waals surface area contributed by atoms with E-state index in [1.807, 2.05) is 24.4 Å². The van der Waals surface area contributed by atoms with Crippen LogP contribution in [-0.2, 0) is 0 Å². The maximum Gasteiger partial charge on any atom is 0.0772 e. The fraction of sp³-hybridized carbons (Fsp3) is 0.176. The summed E-state index contributed by atoms with van der Waals surface area (Å²) in [7, 11) is 0. The van der Waals surface area contributed by atoms with Gasteiger partial charge in [0.25, 0.3) is 0 Å². The van der Waals surface area contributed by atoms with Gasteiger partial charge in [-0.1, -0.05) is 42.8 Å². The van der Waals surface area contributed by atoms with Gasteiger partial charge in [0.05, 0.1) is 22.3 Å². The van der Waals surface area contributed by atoms with E-state index in [9.17, 15) is 0 Å². The van der Waals surface area contributed by atoms with Crippen molar-refractivity contribution in [3.63, 3.8) is 0 Å². The van der Waals surface area contributed by atoms with Gasteiger partial charge in [-0.25, -0.2) is 0 Å². The summed E-state index contributed by atoms with van der Waals surface area (Å²) in [5.41, 5.74) is 3.08. The molecule has 3 rings (SSSR count). The molecule has 3 aromatic rings. The first-order chi connectivity index (χ1) is 10.3. The summed E-state index contributed by atoms with van der Waals surface area (Å²) >= 11 is 5.94. The second kappa shape index (κ2) is 6.20. The summed E-state index contributed by atoms with van der Waals surface area (Å²) < 4.78 is 0. The van der Waals surface area contributed by atoms with E-state index in [1.54, 1.807) is 6.20 Å². The summed E-state index contributed by atoms with van der Waals surface area (Å²) in [6.07, 6.45) is 3.50. The van der Waals surface area contributed by atoms with Crippen LogP contribution in [0.1, 0.15) is 24.2 Å². The highest BCUT2D eigenvalue weighted by Crippen LogP contribution is 2.27. The Hall–Kier alpha value is -1.97. The van der Waals surface area contributed by atoms with Crippen LogP contribution >= 0.6 is 11.6 Å². The highest BCUT2D eigenvalue weighted by Gasteiger charge is 2.17. The summed E-state index contributed by atoms with van der Waals surface area (Å²) in [6.45, 7) is 2.93. The summed E-state index contributed by atoms with van der Waals surface area (Å²) in [5.74, 6) is 0. The molecule has 106 valence electrons. The van der Waals surface area contributed by atoms with E-state index in [2.05, 4.69) is 46.5 Å². The number of pyridine rings is 2. The Balaban J connectivity index is 2.13. The van der Waals surface area contributed by atoms with Crippen LogP contribution in [-0.4, -0.2) is 16.5 Å². The SMILES string of the molecule is CCNC(c1ccc(Cl)cn1)c1cccc2cccnc12. The highest BCUT2D eigenvalue weighted by molar-refractivity contribution is 6.30. The van der Waals surface area contributed by atoms with Gasteiger partial charge in [0.15, 0.2) is 0 Å². The molecule has 0 aliphatic rings. The van der Waals surface area contributed by atoms with Crippen molar-refractivity contribution in [3.8, 4) is 0 Å². The Morgan fingerprint density at radius 3 is 2.71 bits per heavy atom. The Kier molecular flexibility index (Phi) is 4.13. The largest absolute Gasteiger partial charge is 0.305 e. The van der Waals surface area contributed by atoms with Crippen LogP contribution in [0.4, 0.5) is 0 Å². The van der Waals surface area contributed by atoms with Crippen LogP contribution in [0.15, 0.2) is 54.9 Å². The predicted octanol–water partition coefficient (Wildman–Crippen LogP) is 3.98. The average molecular weight is 298 g/mol. The molecule has 0 fully saturated rings. The monoisotopic (exact) mass is 297 g/mol. The Morgan fingerprint density at radius 2 is 1.95 bits per heavy atom. The van der Waals surface area contributed by atoms with Crippen molar-refractivity contribution in [3.05, 3.63) is 71.1 Å². The van der Waals surface area contributed by atoms with Crippen molar-refractivity contribution in [2.24, 2.45) is 0 Å². The standard InChI is InChI=1S/C17H16ClN3/c1-2-19-17(15-9-8-13(18)11-21-15)14-7-3-5-12-6-4-10-20-16(12)14/h3-11,17,19H,2H2,1H3. The van der Waals surface area contributed by atoms with Gasteiger partial charge < -0.3 is 5.32 Å². The Morgan fingerprint density at radius 1 is 1.10 bits per heavy atom. The number of benzene rings is 1. The van der Waals surface area contributed by atoms with Crippen LogP contribution in [0.25, 0.3) is 10.9 Å². The molecule has 1 atom stereocenters. The third-order valence-corrected chi connectivity index (χ3v) is 3.65. The lowest BCUT2D eigenvalue weighted by molar-refractivity contribution is 0.618. The van der Waals surface area contributed by atoms with Gasteiger partial charge in [0.2, 0.25) is 0 Å². The zero-order valence-corrected chi connectivity index (χ0v) is 12.5. The minimum atomic E-state index is 0.00543. The molecule has 21 heavy (non-hydrogen) atoms. The highest BCUT2D eigenvalue weighted by atomic mass is 35.5. The lowest BCUT2D eigenvalue weighted by atomic mass is 9.99. The predicted molar refractivity (Wildman–Crippen MR) is 86.5 cm³/mol. The lowest BCUT2D eigenvalue weighted by Gasteiger charge is -2.19. The van der Waals surface area contributed by atoms with Crippen molar-refractivity contribution in [1.29, 1.82) is 0 Å². The van der Waals surface area contributed by atoms with Gasteiger partial charge in [-0.15, -0.1) is 0 Å². The van der Waals surface area contributed by atoms with E-state index >= 15 is 0 Å². The maximum absolute atomic E-state index is 5.94. The molecule has 1 N–H and O–H groups in total. The Bertz CT molecular complexity index is 735. The number of aromatic nitrogens is 2. The first-order valence-corrected chi connectivity index (χ1v) is 7.36. The minimum Gasteiger partial charge on any atom is -0.305 e. The van der Waals surface area contributed by atoms with Crippen LogP contribution < -0.4 is 5.32 Å². The maximum atomic E-state index is 5.94. The van der Waals surface area contributed by atoms with Crippen LogP contribution in [0.2, 0.25) is 5.02 Å². The van der Waals surface area contributed by atoms with Crippen molar-refractivity contribution >= 4 is 22.5 Å². The molecule has 0 amide bonds. The Labute approximate surface area is 129 Å². The number of nitrogens with one attached hydrogen (secondary N) is 1. The normalized spacial score (nSPS) is 12.5. The first kappa shape index (κ1) is 14.0.